The maximum atomic E-state index is 10.9. The van der Waals surface area contributed by atoms with Crippen LogP contribution in [-0.4, -0.2) is 5.78 Å². The van der Waals surface area contributed by atoms with E-state index in [1.165, 1.54) is 6.92 Å². The molecule has 0 heterocycles. The molecule has 0 aliphatic heterocycles. The Balaban J connectivity index is 3.31. The standard InChI is InChI=1S/C8H7ClINO/c1-4(12)5-2-6(9)8(10)7(11)3-5/h2-3H,11H2,1H3. The molecule has 2 N–H and O–H groups in total. The number of ketones is 1. The zero-order valence-electron chi connectivity index (χ0n) is 6.40. The predicted octanol–water partition coefficient (Wildman–Crippen LogP) is 2.73. The lowest BCUT2D eigenvalue weighted by Crippen LogP contribution is -1.97. The number of Topliss-reactive ketones (excluding diaryl/α,β-unsaturated/α-hetero) is 1. The molecule has 1 rings (SSSR count). The minimum atomic E-state index is -0.0278. The molecule has 0 amide bonds. The Labute approximate surface area is 89.2 Å². The number of hydrogen-bond acceptors (Lipinski definition) is 2. The van der Waals surface area contributed by atoms with Gasteiger partial charge in [-0.1, -0.05) is 11.6 Å². The van der Waals surface area contributed by atoms with Crippen LogP contribution in [0.3, 0.4) is 0 Å². The highest BCUT2D eigenvalue weighted by molar-refractivity contribution is 14.1. The van der Waals surface area contributed by atoms with Crippen molar-refractivity contribution in [1.29, 1.82) is 0 Å². The van der Waals surface area contributed by atoms with Crippen LogP contribution in [0.2, 0.25) is 5.02 Å². The van der Waals surface area contributed by atoms with Crippen LogP contribution >= 0.6 is 34.2 Å². The van der Waals surface area contributed by atoms with E-state index in [1.54, 1.807) is 12.1 Å². The maximum absolute atomic E-state index is 10.9. The molecule has 0 aliphatic rings. The third-order valence-electron chi connectivity index (χ3n) is 1.46. The molecule has 0 aliphatic carbocycles. The summed E-state index contributed by atoms with van der Waals surface area (Å²) in [6.45, 7) is 1.48. The van der Waals surface area contributed by atoms with Gasteiger partial charge < -0.3 is 5.73 Å². The first-order valence-corrected chi connectivity index (χ1v) is 4.73. The molecule has 0 spiro atoms. The molecular weight excluding hydrogens is 288 g/mol. The van der Waals surface area contributed by atoms with Gasteiger partial charge in [-0.2, -0.15) is 0 Å². The molecule has 1 aromatic rings. The number of benzene rings is 1. The first-order valence-electron chi connectivity index (χ1n) is 3.28. The largest absolute Gasteiger partial charge is 0.398 e. The molecule has 0 unspecified atom stereocenters. The fraction of sp³-hybridized carbons (Fsp3) is 0.125. The van der Waals surface area contributed by atoms with Crippen molar-refractivity contribution < 1.29 is 4.79 Å². The van der Waals surface area contributed by atoms with Gasteiger partial charge in [0.1, 0.15) is 0 Å². The SMILES string of the molecule is CC(=O)c1cc(N)c(I)c(Cl)c1. The summed E-state index contributed by atoms with van der Waals surface area (Å²) in [5.41, 5.74) is 6.72. The van der Waals surface area contributed by atoms with Gasteiger partial charge in [0.25, 0.3) is 0 Å². The fourth-order valence-electron chi connectivity index (χ4n) is 0.814. The summed E-state index contributed by atoms with van der Waals surface area (Å²) < 4.78 is 0.791. The van der Waals surface area contributed by atoms with Crippen LogP contribution in [0, 0.1) is 3.57 Å². The van der Waals surface area contributed by atoms with E-state index in [9.17, 15) is 4.79 Å². The summed E-state index contributed by atoms with van der Waals surface area (Å²) in [4.78, 5) is 10.9. The molecule has 64 valence electrons. The van der Waals surface area contributed by atoms with Crippen molar-refractivity contribution >= 4 is 45.7 Å². The Morgan fingerprint density at radius 2 is 2.17 bits per heavy atom. The van der Waals surface area contributed by atoms with Gasteiger partial charge in [-0.05, 0) is 41.6 Å². The highest BCUT2D eigenvalue weighted by Gasteiger charge is 2.06. The van der Waals surface area contributed by atoms with Gasteiger partial charge in [0.15, 0.2) is 5.78 Å². The van der Waals surface area contributed by atoms with Crippen LogP contribution in [0.4, 0.5) is 5.69 Å². The summed E-state index contributed by atoms with van der Waals surface area (Å²) in [5.74, 6) is -0.0278. The van der Waals surface area contributed by atoms with Crippen molar-refractivity contribution in [2.45, 2.75) is 6.92 Å². The van der Waals surface area contributed by atoms with Crippen LogP contribution in [0.25, 0.3) is 0 Å². The summed E-state index contributed by atoms with van der Waals surface area (Å²) >= 11 is 7.86. The maximum Gasteiger partial charge on any atom is 0.159 e. The topological polar surface area (TPSA) is 43.1 Å². The minimum absolute atomic E-state index is 0.0278. The van der Waals surface area contributed by atoms with Gasteiger partial charge in [-0.25, -0.2) is 0 Å². The Morgan fingerprint density at radius 1 is 1.58 bits per heavy atom. The number of nitrogen functional groups attached to an aromatic ring is 1. The second-order valence-corrected chi connectivity index (χ2v) is 3.90. The fourth-order valence-corrected chi connectivity index (χ4v) is 1.35. The smallest absolute Gasteiger partial charge is 0.159 e. The van der Waals surface area contributed by atoms with E-state index in [0.29, 0.717) is 16.3 Å². The molecule has 12 heavy (non-hydrogen) atoms. The molecule has 0 saturated carbocycles. The quantitative estimate of drug-likeness (QED) is 0.492. The molecule has 1 aromatic carbocycles. The normalized spacial score (nSPS) is 9.92. The molecule has 0 aromatic heterocycles. The van der Waals surface area contributed by atoms with Crippen molar-refractivity contribution in [3.05, 3.63) is 26.3 Å². The van der Waals surface area contributed by atoms with E-state index in [4.69, 9.17) is 17.3 Å². The Bertz CT molecular complexity index is 315. The number of nitrogens with two attached hydrogens (primary N) is 1. The van der Waals surface area contributed by atoms with E-state index in [2.05, 4.69) is 0 Å². The summed E-state index contributed by atoms with van der Waals surface area (Å²) in [7, 11) is 0. The number of halogens is 2. The van der Waals surface area contributed by atoms with E-state index in [0.717, 1.165) is 3.57 Å². The summed E-state index contributed by atoms with van der Waals surface area (Å²) in [6.07, 6.45) is 0. The van der Waals surface area contributed by atoms with Crippen molar-refractivity contribution in [3.63, 3.8) is 0 Å². The molecule has 0 fully saturated rings. The number of anilines is 1. The second-order valence-electron chi connectivity index (χ2n) is 2.42. The van der Waals surface area contributed by atoms with Gasteiger partial charge >= 0.3 is 0 Å². The van der Waals surface area contributed by atoms with Crippen molar-refractivity contribution in [2.75, 3.05) is 5.73 Å². The summed E-state index contributed by atoms with van der Waals surface area (Å²) in [5, 5.41) is 0.529. The molecule has 2 nitrogen and oxygen atoms in total. The Hall–Kier alpha value is -0.290. The van der Waals surface area contributed by atoms with Crippen LogP contribution in [0.15, 0.2) is 12.1 Å². The predicted molar refractivity (Wildman–Crippen MR) is 58.6 cm³/mol. The highest BCUT2D eigenvalue weighted by atomic mass is 127. The zero-order chi connectivity index (χ0) is 9.30. The van der Waals surface area contributed by atoms with Crippen LogP contribution in [0.5, 0.6) is 0 Å². The van der Waals surface area contributed by atoms with Crippen molar-refractivity contribution in [2.24, 2.45) is 0 Å². The monoisotopic (exact) mass is 295 g/mol. The molecular formula is C8H7ClINO. The van der Waals surface area contributed by atoms with E-state index in [-0.39, 0.29) is 5.78 Å². The van der Waals surface area contributed by atoms with E-state index >= 15 is 0 Å². The van der Waals surface area contributed by atoms with E-state index < -0.39 is 0 Å². The summed E-state index contributed by atoms with van der Waals surface area (Å²) in [6, 6.07) is 3.26. The zero-order valence-corrected chi connectivity index (χ0v) is 9.31. The average molecular weight is 296 g/mol. The second kappa shape index (κ2) is 3.62. The van der Waals surface area contributed by atoms with Crippen LogP contribution in [0.1, 0.15) is 17.3 Å². The first kappa shape index (κ1) is 9.80. The lowest BCUT2D eigenvalue weighted by molar-refractivity contribution is 0.101. The molecule has 0 atom stereocenters. The van der Waals surface area contributed by atoms with Crippen molar-refractivity contribution in [1.82, 2.24) is 0 Å². The van der Waals surface area contributed by atoms with Crippen LogP contribution in [-0.2, 0) is 0 Å². The first-order chi connectivity index (χ1) is 5.52. The van der Waals surface area contributed by atoms with Crippen LogP contribution < -0.4 is 5.73 Å². The number of carbonyl (C=O) groups excluding carboxylic acids is 1. The van der Waals surface area contributed by atoms with Gasteiger partial charge in [0.2, 0.25) is 0 Å². The lowest BCUT2D eigenvalue weighted by atomic mass is 10.1. The number of carbonyl (C=O) groups is 1. The van der Waals surface area contributed by atoms with Gasteiger partial charge in [0.05, 0.1) is 8.59 Å². The molecule has 4 heteroatoms. The van der Waals surface area contributed by atoms with E-state index in [1.807, 2.05) is 22.6 Å². The minimum Gasteiger partial charge on any atom is -0.398 e. The van der Waals surface area contributed by atoms with Crippen molar-refractivity contribution in [3.8, 4) is 0 Å². The highest BCUT2D eigenvalue weighted by Crippen LogP contribution is 2.26. The van der Waals surface area contributed by atoms with Gasteiger partial charge in [-0.3, -0.25) is 4.79 Å². The third-order valence-corrected chi connectivity index (χ3v) is 3.28. The molecule has 0 bridgehead atoms. The molecule has 0 radical (unpaired) electrons. The lowest BCUT2D eigenvalue weighted by Gasteiger charge is -2.03. The Morgan fingerprint density at radius 3 is 2.58 bits per heavy atom. The number of hydrogen-bond donors (Lipinski definition) is 1. The van der Waals surface area contributed by atoms with Gasteiger partial charge in [-0.15, -0.1) is 0 Å². The Kier molecular flexibility index (Phi) is 2.95. The average Bonchev–Trinajstić information content (AvgIpc) is 1.99. The number of rotatable bonds is 1. The molecule has 0 saturated heterocycles. The third kappa shape index (κ3) is 1.90. The van der Waals surface area contributed by atoms with Gasteiger partial charge in [0, 0.05) is 11.3 Å².